The Morgan fingerprint density at radius 1 is 0.311 bits per heavy atom. The van der Waals surface area contributed by atoms with Gasteiger partial charge in [0.2, 0.25) is 0 Å². The maximum absolute atomic E-state index is 2.41. The third kappa shape index (κ3) is 6.09. The lowest BCUT2D eigenvalue weighted by Gasteiger charge is -2.26. The molecule has 2 nitrogen and oxygen atoms in total. The molecule has 2 heterocycles. The van der Waals surface area contributed by atoms with E-state index in [0.717, 1.165) is 17.1 Å². The van der Waals surface area contributed by atoms with Gasteiger partial charge in [-0.1, -0.05) is 164 Å². The lowest BCUT2D eigenvalue weighted by molar-refractivity contribution is 1.18. The molecule has 12 aromatic rings. The number of hydrogen-bond acceptors (Lipinski definition) is 2. The topological polar surface area (TPSA) is 8.17 Å². The Morgan fingerprint density at radius 3 is 1.66 bits per heavy atom. The summed E-state index contributed by atoms with van der Waals surface area (Å²) in [4.78, 5) is 2.40. The van der Waals surface area contributed by atoms with Crippen LogP contribution in [0.3, 0.4) is 0 Å². The van der Waals surface area contributed by atoms with Gasteiger partial charge >= 0.3 is 0 Å². The van der Waals surface area contributed by atoms with Crippen LogP contribution in [0.5, 0.6) is 0 Å². The first-order valence-electron chi connectivity index (χ1n) is 20.8. The Balaban J connectivity index is 0.916. The van der Waals surface area contributed by atoms with Crippen molar-refractivity contribution in [1.82, 2.24) is 4.57 Å². The van der Waals surface area contributed by atoms with Crippen LogP contribution in [0.25, 0.3) is 91.8 Å². The van der Waals surface area contributed by atoms with Gasteiger partial charge < -0.3 is 9.47 Å². The van der Waals surface area contributed by atoms with Gasteiger partial charge in [-0.3, -0.25) is 0 Å². The molecule has 2 aromatic heterocycles. The van der Waals surface area contributed by atoms with Gasteiger partial charge in [-0.05, 0) is 105 Å². The first-order valence-corrected chi connectivity index (χ1v) is 21.6. The predicted octanol–water partition coefficient (Wildman–Crippen LogP) is 16.8. The smallest absolute Gasteiger partial charge is 0.0541 e. The zero-order valence-corrected chi connectivity index (χ0v) is 34.1. The highest BCUT2D eigenvalue weighted by Crippen LogP contribution is 2.43. The fraction of sp³-hybridized carbons (Fsp3) is 0. The van der Waals surface area contributed by atoms with Crippen molar-refractivity contribution in [3.05, 3.63) is 231 Å². The van der Waals surface area contributed by atoms with Crippen molar-refractivity contribution in [3.63, 3.8) is 0 Å². The zero-order valence-electron chi connectivity index (χ0n) is 33.2. The number of rotatable bonds is 7. The number of thiophene rings is 1. The Hall–Kier alpha value is -7.72. The average Bonchev–Trinajstić information content (AvgIpc) is 3.87. The van der Waals surface area contributed by atoms with Crippen molar-refractivity contribution in [2.75, 3.05) is 4.90 Å². The van der Waals surface area contributed by atoms with Gasteiger partial charge in [-0.25, -0.2) is 0 Å². The van der Waals surface area contributed by atoms with E-state index >= 15 is 0 Å². The number of hydrogen-bond donors (Lipinski definition) is 0. The van der Waals surface area contributed by atoms with Gasteiger partial charge in [-0.15, -0.1) is 11.3 Å². The Morgan fingerprint density at radius 2 is 0.869 bits per heavy atom. The predicted molar refractivity (Wildman–Crippen MR) is 262 cm³/mol. The summed E-state index contributed by atoms with van der Waals surface area (Å²) >= 11 is 1.86. The third-order valence-electron chi connectivity index (χ3n) is 12.2. The first kappa shape index (κ1) is 35.2. The summed E-state index contributed by atoms with van der Waals surface area (Å²) in [6, 6.07) is 84.2. The molecule has 0 radical (unpaired) electrons. The van der Waals surface area contributed by atoms with Crippen molar-refractivity contribution in [2.45, 2.75) is 0 Å². The van der Waals surface area contributed by atoms with Crippen LogP contribution in [0.4, 0.5) is 17.1 Å². The summed E-state index contributed by atoms with van der Waals surface area (Å²) in [5.41, 5.74) is 14.1. The molecular formula is C58H38N2S. The molecule has 0 aliphatic carbocycles. The molecule has 0 atom stereocenters. The second-order valence-electron chi connectivity index (χ2n) is 15.7. The van der Waals surface area contributed by atoms with Crippen molar-refractivity contribution in [1.29, 1.82) is 0 Å². The van der Waals surface area contributed by atoms with Gasteiger partial charge in [-0.2, -0.15) is 0 Å². The molecule has 0 spiro atoms. The van der Waals surface area contributed by atoms with Crippen LogP contribution in [-0.2, 0) is 0 Å². The van der Waals surface area contributed by atoms with Crippen molar-refractivity contribution < 1.29 is 0 Å². The number of benzene rings is 10. The molecule has 0 aliphatic heterocycles. The van der Waals surface area contributed by atoms with E-state index in [1.807, 2.05) is 11.3 Å². The number of nitrogens with zero attached hydrogens (tertiary/aromatic N) is 2. The van der Waals surface area contributed by atoms with Crippen LogP contribution >= 0.6 is 11.3 Å². The van der Waals surface area contributed by atoms with Crippen molar-refractivity contribution in [3.8, 4) is 39.1 Å². The molecule has 286 valence electrons. The van der Waals surface area contributed by atoms with E-state index in [1.54, 1.807) is 0 Å². The van der Waals surface area contributed by atoms with Crippen LogP contribution in [0.2, 0.25) is 0 Å². The first-order chi connectivity index (χ1) is 30.2. The zero-order chi connectivity index (χ0) is 40.3. The molecule has 0 amide bonds. The summed E-state index contributed by atoms with van der Waals surface area (Å²) in [7, 11) is 0. The van der Waals surface area contributed by atoms with Gasteiger partial charge in [0.25, 0.3) is 0 Å². The highest BCUT2D eigenvalue weighted by Gasteiger charge is 2.18. The van der Waals surface area contributed by atoms with Gasteiger partial charge in [0.05, 0.1) is 16.7 Å². The molecule has 3 heteroatoms. The molecule has 0 saturated carbocycles. The quantitative estimate of drug-likeness (QED) is 0.156. The van der Waals surface area contributed by atoms with Gasteiger partial charge in [0, 0.05) is 53.6 Å². The van der Waals surface area contributed by atoms with Crippen LogP contribution < -0.4 is 4.90 Å². The lowest BCUT2D eigenvalue weighted by Crippen LogP contribution is -2.09. The average molecular weight is 795 g/mol. The molecule has 10 aromatic carbocycles. The largest absolute Gasteiger partial charge is 0.310 e. The van der Waals surface area contributed by atoms with Crippen LogP contribution in [-0.4, -0.2) is 4.57 Å². The summed E-state index contributed by atoms with van der Waals surface area (Å²) < 4.78 is 5.00. The fourth-order valence-electron chi connectivity index (χ4n) is 9.23. The summed E-state index contributed by atoms with van der Waals surface area (Å²) in [6.07, 6.45) is 0. The van der Waals surface area contributed by atoms with Crippen molar-refractivity contribution in [2.24, 2.45) is 0 Å². The monoisotopic (exact) mass is 794 g/mol. The van der Waals surface area contributed by atoms with Gasteiger partial charge in [0.15, 0.2) is 0 Å². The van der Waals surface area contributed by atoms with Crippen LogP contribution in [0, 0.1) is 0 Å². The molecule has 0 unspecified atom stereocenters. The van der Waals surface area contributed by atoms with Crippen LogP contribution in [0.15, 0.2) is 231 Å². The van der Waals surface area contributed by atoms with E-state index in [0.29, 0.717) is 0 Å². The number of anilines is 3. The molecule has 0 saturated heterocycles. The highest BCUT2D eigenvalue weighted by molar-refractivity contribution is 7.25. The SMILES string of the molecule is c1cc(-c2ccc3ccccc3c2)cc(N(c2ccc(-c3ccc(-c4ccccc4-n4c5ccccc5c5ccccc54)cc3)cc2)c2ccc3c(c2)sc2ccccc23)c1. The lowest BCUT2D eigenvalue weighted by atomic mass is 9.98. The Labute approximate surface area is 358 Å². The molecule has 0 N–H and O–H groups in total. The summed E-state index contributed by atoms with van der Waals surface area (Å²) in [6.45, 7) is 0. The minimum Gasteiger partial charge on any atom is -0.310 e. The number of para-hydroxylation sites is 3. The van der Waals surface area contributed by atoms with E-state index in [4.69, 9.17) is 0 Å². The highest BCUT2D eigenvalue weighted by atomic mass is 32.1. The van der Waals surface area contributed by atoms with E-state index in [2.05, 4.69) is 240 Å². The second-order valence-corrected chi connectivity index (χ2v) is 16.8. The van der Waals surface area contributed by atoms with E-state index in [9.17, 15) is 0 Å². The minimum atomic E-state index is 1.11. The van der Waals surface area contributed by atoms with Crippen LogP contribution in [0.1, 0.15) is 0 Å². The summed E-state index contributed by atoms with van der Waals surface area (Å²) in [5.74, 6) is 0. The standard InChI is InChI=1S/C58H38N2S/c1-2-13-43-36-45(29-26-39(43)12-1)44-14-11-15-47(37-44)59(48-34-35-53-52-19-6-10-23-57(52)61-58(53)38-48)46-32-30-41(31-33-46)40-24-27-42(28-25-40)49-16-3-7-20-54(49)60-55-21-8-4-17-50(55)51-18-5-9-22-56(51)60/h1-38H. The molecule has 12 rings (SSSR count). The van der Waals surface area contributed by atoms with E-state index < -0.39 is 0 Å². The second kappa shape index (κ2) is 14.5. The molecular weight excluding hydrogens is 757 g/mol. The normalized spacial score (nSPS) is 11.6. The number of fused-ring (bicyclic) bond motifs is 7. The molecule has 0 fully saturated rings. The molecule has 0 aliphatic rings. The summed E-state index contributed by atoms with van der Waals surface area (Å²) in [5, 5.41) is 7.63. The molecule has 61 heavy (non-hydrogen) atoms. The maximum atomic E-state index is 2.41. The number of aromatic nitrogens is 1. The fourth-order valence-corrected chi connectivity index (χ4v) is 10.4. The molecule has 0 bridgehead atoms. The van der Waals surface area contributed by atoms with Gasteiger partial charge in [0.1, 0.15) is 0 Å². The van der Waals surface area contributed by atoms with E-state index in [1.165, 1.54) is 91.8 Å². The maximum Gasteiger partial charge on any atom is 0.0541 e. The van der Waals surface area contributed by atoms with Crippen molar-refractivity contribution >= 4 is 81.1 Å². The third-order valence-corrected chi connectivity index (χ3v) is 13.3. The Kier molecular flexibility index (Phi) is 8.39. The van der Waals surface area contributed by atoms with E-state index in [-0.39, 0.29) is 0 Å². The minimum absolute atomic E-state index is 1.11. The Bertz CT molecular complexity index is 3540.